The lowest BCUT2D eigenvalue weighted by Gasteiger charge is -2.40. The highest BCUT2D eigenvalue weighted by Gasteiger charge is 2.43. The zero-order chi connectivity index (χ0) is 33.9. The van der Waals surface area contributed by atoms with Crippen molar-refractivity contribution >= 4 is 44.7 Å². The number of para-hydroxylation sites is 2. The highest BCUT2D eigenvalue weighted by atomic mass is 32.2. The molecule has 4 aromatic carbocycles. The van der Waals surface area contributed by atoms with Crippen molar-refractivity contribution in [2.24, 2.45) is 4.99 Å². The molecule has 0 bridgehead atoms. The number of methoxy groups -OCH3 is 1. The van der Waals surface area contributed by atoms with Crippen molar-refractivity contribution in [3.63, 3.8) is 0 Å². The molecule has 0 unspecified atom stereocenters. The average molecular weight is 665 g/mol. The number of benzene rings is 4. The first kappa shape index (κ1) is 30.6. The zero-order valence-corrected chi connectivity index (χ0v) is 27.0. The minimum atomic E-state index is -4.21. The third-order valence-corrected chi connectivity index (χ3v) is 9.67. The van der Waals surface area contributed by atoms with Crippen molar-refractivity contribution in [3.8, 4) is 17.2 Å². The molecule has 2 aliphatic rings. The molecule has 1 amide bonds. The maximum absolute atomic E-state index is 13.6. The van der Waals surface area contributed by atoms with Crippen molar-refractivity contribution < 1.29 is 27.1 Å². The molecule has 13 nitrogen and oxygen atoms in total. The molecule has 48 heavy (non-hydrogen) atoms. The van der Waals surface area contributed by atoms with Crippen LogP contribution in [-0.2, 0) is 14.9 Å². The van der Waals surface area contributed by atoms with Gasteiger partial charge in [0.1, 0.15) is 4.90 Å². The van der Waals surface area contributed by atoms with E-state index in [2.05, 4.69) is 5.32 Å². The van der Waals surface area contributed by atoms with E-state index >= 15 is 0 Å². The van der Waals surface area contributed by atoms with E-state index in [0.29, 0.717) is 45.3 Å². The van der Waals surface area contributed by atoms with Crippen LogP contribution < -0.4 is 19.1 Å². The van der Waals surface area contributed by atoms with Gasteiger partial charge in [-0.1, -0.05) is 30.3 Å². The van der Waals surface area contributed by atoms with Crippen LogP contribution >= 0.6 is 0 Å². The molecule has 3 heterocycles. The highest BCUT2D eigenvalue weighted by molar-refractivity contribution is 7.87. The zero-order valence-electron chi connectivity index (χ0n) is 26.2. The summed E-state index contributed by atoms with van der Waals surface area (Å²) >= 11 is 0. The number of carbonyl (C=O) groups excluding carboxylic acids is 1. The van der Waals surface area contributed by atoms with Crippen LogP contribution in [0.4, 0.5) is 22.9 Å². The molecular formula is C34H28N6O7S. The van der Waals surface area contributed by atoms with Gasteiger partial charge >= 0.3 is 10.1 Å². The molecule has 0 saturated carbocycles. The van der Waals surface area contributed by atoms with Crippen LogP contribution in [0.1, 0.15) is 34.0 Å². The van der Waals surface area contributed by atoms with Crippen molar-refractivity contribution in [2.75, 3.05) is 17.3 Å². The van der Waals surface area contributed by atoms with Gasteiger partial charge in [0.05, 0.1) is 40.8 Å². The van der Waals surface area contributed by atoms with E-state index < -0.39 is 27.0 Å². The van der Waals surface area contributed by atoms with Crippen molar-refractivity contribution in [1.29, 1.82) is 0 Å². The largest absolute Gasteiger partial charge is 0.493 e. The molecular weight excluding hydrogens is 636 g/mol. The molecule has 0 fully saturated rings. The van der Waals surface area contributed by atoms with Gasteiger partial charge in [0.25, 0.3) is 11.6 Å². The average Bonchev–Trinajstić information content (AvgIpc) is 3.40. The number of amides is 1. The quantitative estimate of drug-likeness (QED) is 0.124. The Bertz CT molecular complexity index is 2300. The number of nitrogens with zero attached hydrogens (tertiary/aromatic N) is 5. The summed E-state index contributed by atoms with van der Waals surface area (Å²) < 4.78 is 39.6. The predicted octanol–water partition coefficient (Wildman–Crippen LogP) is 6.07. The van der Waals surface area contributed by atoms with Gasteiger partial charge in [0.2, 0.25) is 5.84 Å². The van der Waals surface area contributed by atoms with Crippen molar-refractivity contribution in [1.82, 2.24) is 9.78 Å². The van der Waals surface area contributed by atoms with Crippen LogP contribution in [0.2, 0.25) is 0 Å². The number of hydrogen-bond donors (Lipinski definition) is 1. The smallest absolute Gasteiger partial charge is 0.339 e. The number of aryl methyl sites for hydroxylation is 3. The minimum absolute atomic E-state index is 0.0119. The number of nitro benzene ring substituents is 1. The number of ether oxygens (including phenoxy) is 1. The number of amidine groups is 1. The number of hydrogen-bond acceptors (Lipinski definition) is 10. The van der Waals surface area contributed by atoms with E-state index in [4.69, 9.17) is 19.0 Å². The van der Waals surface area contributed by atoms with Crippen LogP contribution in [0.15, 0.2) is 94.8 Å². The van der Waals surface area contributed by atoms with Gasteiger partial charge in [-0.25, -0.2) is 9.67 Å². The number of fused-ring (bicyclic) bond motifs is 4. The molecule has 0 radical (unpaired) electrons. The first-order valence-electron chi connectivity index (χ1n) is 14.8. The topological polar surface area (TPSA) is 158 Å². The summed E-state index contributed by atoms with van der Waals surface area (Å²) in [5.74, 6) is 0.171. The summed E-state index contributed by atoms with van der Waals surface area (Å²) in [6.45, 7) is 5.31. The Labute approximate surface area is 275 Å². The lowest BCUT2D eigenvalue weighted by molar-refractivity contribution is -0.384. The monoisotopic (exact) mass is 664 g/mol. The number of aromatic nitrogens is 2. The standard InChI is InChI=1S/C34H28N6O7S/c1-19-9-10-20(2)29(17-19)48(44,45)47-27-16-11-22(18-28(27)46-4)31-30-21(3)37-39(23-12-14-24(15-13-23)40(42)43)32(30)36-33-34(41)35-25-7-5-6-8-26(25)38(31)33/h5-18,31H,1-4H3,(H,35,41)/t31-/m1/s1. The van der Waals surface area contributed by atoms with Crippen LogP contribution in [0.3, 0.4) is 0 Å². The van der Waals surface area contributed by atoms with Crippen LogP contribution in [0, 0.1) is 30.9 Å². The summed E-state index contributed by atoms with van der Waals surface area (Å²) in [6, 6.07) is 22.5. The third kappa shape index (κ3) is 5.02. The van der Waals surface area contributed by atoms with Crippen LogP contribution in [0.5, 0.6) is 11.5 Å². The second-order valence-electron chi connectivity index (χ2n) is 11.4. The lowest BCUT2D eigenvalue weighted by atomic mass is 9.93. The fourth-order valence-corrected chi connectivity index (χ4v) is 7.27. The maximum atomic E-state index is 13.6. The Hall–Kier alpha value is -6.02. The molecule has 14 heteroatoms. The lowest BCUT2D eigenvalue weighted by Crippen LogP contribution is -2.48. The molecule has 242 valence electrons. The number of aliphatic imine (C=N–C) groups is 1. The van der Waals surface area contributed by atoms with Gasteiger partial charge in [0.15, 0.2) is 17.3 Å². The minimum Gasteiger partial charge on any atom is -0.493 e. The van der Waals surface area contributed by atoms with E-state index in [9.17, 15) is 23.3 Å². The molecule has 0 saturated heterocycles. The molecule has 5 aromatic rings. The van der Waals surface area contributed by atoms with Crippen molar-refractivity contribution in [2.45, 2.75) is 31.7 Å². The second kappa shape index (κ2) is 11.3. The van der Waals surface area contributed by atoms with Crippen molar-refractivity contribution in [3.05, 3.63) is 123 Å². The Morgan fingerprint density at radius 1 is 0.938 bits per heavy atom. The number of non-ortho nitro benzene ring substituents is 1. The molecule has 0 spiro atoms. The Morgan fingerprint density at radius 3 is 2.42 bits per heavy atom. The number of rotatable bonds is 7. The van der Waals surface area contributed by atoms with Gasteiger partial charge in [-0.05, 0) is 79.9 Å². The summed E-state index contributed by atoms with van der Waals surface area (Å²) in [5, 5.41) is 18.9. The summed E-state index contributed by atoms with van der Waals surface area (Å²) in [5.41, 5.74) is 4.91. The second-order valence-corrected chi connectivity index (χ2v) is 12.9. The molecule has 2 aliphatic heterocycles. The summed E-state index contributed by atoms with van der Waals surface area (Å²) in [4.78, 5) is 31.0. The number of anilines is 2. The normalized spacial score (nSPS) is 15.1. The van der Waals surface area contributed by atoms with Gasteiger partial charge < -0.3 is 19.1 Å². The fourth-order valence-electron chi connectivity index (χ4n) is 6.02. The van der Waals surface area contributed by atoms with E-state index in [1.807, 2.05) is 36.1 Å². The van der Waals surface area contributed by atoms with E-state index in [0.717, 1.165) is 5.56 Å². The van der Waals surface area contributed by atoms with Gasteiger partial charge in [-0.15, -0.1) is 0 Å². The number of carbonyl (C=O) groups is 1. The SMILES string of the molecule is COc1cc([C@@H]2c3c(C)nn(-c4ccc([N+](=O)[O-])cc4)c3N=C3C(=O)Nc4ccccc4N32)ccc1OS(=O)(=O)c1cc(C)ccc1C. The first-order valence-corrected chi connectivity index (χ1v) is 16.2. The Kier molecular flexibility index (Phi) is 7.24. The van der Waals surface area contributed by atoms with Gasteiger partial charge in [0, 0.05) is 17.7 Å². The van der Waals surface area contributed by atoms with E-state index in [1.165, 1.54) is 25.3 Å². The van der Waals surface area contributed by atoms with E-state index in [1.54, 1.807) is 61.0 Å². The van der Waals surface area contributed by atoms with E-state index in [-0.39, 0.29) is 27.9 Å². The molecule has 1 atom stereocenters. The molecule has 0 aliphatic carbocycles. The predicted molar refractivity (Wildman–Crippen MR) is 178 cm³/mol. The molecule has 1 N–H and O–H groups in total. The van der Waals surface area contributed by atoms with Gasteiger partial charge in [-0.2, -0.15) is 13.5 Å². The third-order valence-electron chi connectivity index (χ3n) is 8.29. The molecule has 7 rings (SSSR count). The number of nitrogens with one attached hydrogen (secondary N) is 1. The summed E-state index contributed by atoms with van der Waals surface area (Å²) in [6.07, 6.45) is 0. The first-order chi connectivity index (χ1) is 23.0. The maximum Gasteiger partial charge on any atom is 0.339 e. The van der Waals surface area contributed by atoms with Gasteiger partial charge in [-0.3, -0.25) is 14.9 Å². The summed E-state index contributed by atoms with van der Waals surface area (Å²) in [7, 11) is -2.80. The Balaban J connectivity index is 1.39. The van der Waals surface area contributed by atoms with Crippen LogP contribution in [-0.4, -0.2) is 42.0 Å². The Morgan fingerprint density at radius 2 is 1.69 bits per heavy atom. The van der Waals surface area contributed by atoms with Crippen LogP contribution in [0.25, 0.3) is 5.69 Å². The molecule has 1 aromatic heterocycles. The number of nitro groups is 1. The fraction of sp³-hybridized carbons (Fsp3) is 0.147. The highest BCUT2D eigenvalue weighted by Crippen LogP contribution is 2.48.